The lowest BCUT2D eigenvalue weighted by Crippen LogP contribution is -2.04. The molecule has 0 unspecified atom stereocenters. The monoisotopic (exact) mass is 827 g/mol. The van der Waals surface area contributed by atoms with Crippen LogP contribution in [0.3, 0.4) is 0 Å². The second kappa shape index (κ2) is 14.2. The van der Waals surface area contributed by atoms with Crippen molar-refractivity contribution in [3.8, 4) is 56.7 Å². The van der Waals surface area contributed by atoms with Gasteiger partial charge >= 0.3 is 0 Å². The van der Waals surface area contributed by atoms with Gasteiger partial charge in [-0.25, -0.2) is 15.0 Å². The Morgan fingerprint density at radius 2 is 1.02 bits per heavy atom. The van der Waals surface area contributed by atoms with E-state index in [4.69, 9.17) is 20.4 Å². The predicted octanol–water partition coefficient (Wildman–Crippen LogP) is 15.1. The third-order valence-corrected chi connectivity index (χ3v) is 13.2. The van der Waals surface area contributed by atoms with Gasteiger partial charge in [-0.1, -0.05) is 158 Å². The zero-order chi connectivity index (χ0) is 46.7. The van der Waals surface area contributed by atoms with Crippen LogP contribution in [0.25, 0.3) is 120 Å². The van der Waals surface area contributed by atoms with Crippen molar-refractivity contribution in [2.45, 2.75) is 0 Å². The van der Waals surface area contributed by atoms with Crippen LogP contribution in [0.5, 0.6) is 0 Å². The van der Waals surface area contributed by atoms with E-state index >= 15 is 0 Å². The normalized spacial score (nSPS) is 13.1. The van der Waals surface area contributed by atoms with Gasteiger partial charge in [0, 0.05) is 64.1 Å². The van der Waals surface area contributed by atoms with E-state index in [-0.39, 0.29) is 58.1 Å². The number of hydrogen-bond donors (Lipinski definition) is 0. The molecular weight excluding hydrogens is 787 g/mol. The summed E-state index contributed by atoms with van der Waals surface area (Å²) in [5.74, 6) is 1.19. The van der Waals surface area contributed by atoms with E-state index < -0.39 is 0 Å². The number of benzene rings is 9. The Morgan fingerprint density at radius 3 is 1.81 bits per heavy atom. The summed E-state index contributed by atoms with van der Waals surface area (Å²) in [7, 11) is 0. The van der Waals surface area contributed by atoms with Crippen molar-refractivity contribution in [2.24, 2.45) is 0 Å². The van der Waals surface area contributed by atoms with Crippen molar-refractivity contribution in [1.82, 2.24) is 24.1 Å². The van der Waals surface area contributed by atoms with Crippen LogP contribution in [-0.2, 0) is 0 Å². The molecule has 0 bridgehead atoms. The molecule has 4 aromatic heterocycles. The second-order valence-electron chi connectivity index (χ2n) is 15.5. The van der Waals surface area contributed by atoms with E-state index in [1.165, 1.54) is 22.2 Å². The highest BCUT2D eigenvalue weighted by atomic mass is 32.1. The molecule has 9 aromatic carbocycles. The van der Waals surface area contributed by atoms with Gasteiger partial charge in [-0.2, -0.15) is 0 Å². The first kappa shape index (κ1) is 29.9. The van der Waals surface area contributed by atoms with Gasteiger partial charge in [-0.3, -0.25) is 0 Å². The number of rotatable bonds is 6. The Morgan fingerprint density at radius 1 is 0.381 bits per heavy atom. The van der Waals surface area contributed by atoms with E-state index in [0.29, 0.717) is 28.7 Å². The molecule has 4 heterocycles. The average Bonchev–Trinajstić information content (AvgIpc) is 4.06. The van der Waals surface area contributed by atoms with Crippen LogP contribution < -0.4 is 0 Å². The molecule has 0 aliphatic carbocycles. The van der Waals surface area contributed by atoms with Crippen molar-refractivity contribution >= 4 is 75.1 Å². The quantitative estimate of drug-likeness (QED) is 0.168. The summed E-state index contributed by atoms with van der Waals surface area (Å²) < 4.78 is 60.6. The number of nitrogens with zero attached hydrogens (tertiary/aromatic N) is 5. The van der Waals surface area contributed by atoms with Crippen molar-refractivity contribution < 1.29 is 8.22 Å². The van der Waals surface area contributed by atoms with Gasteiger partial charge in [0.05, 0.1) is 36.0 Å². The molecule has 0 aliphatic rings. The fraction of sp³-hybridized carbons (Fsp3) is 0. The summed E-state index contributed by atoms with van der Waals surface area (Å²) in [4.78, 5) is 15.8. The van der Waals surface area contributed by atoms with Crippen LogP contribution in [0.15, 0.2) is 212 Å². The third kappa shape index (κ3) is 5.66. The molecule has 5 nitrogen and oxygen atoms in total. The first-order valence-corrected chi connectivity index (χ1v) is 21.5. The Balaban J connectivity index is 1.14. The largest absolute Gasteiger partial charge is 0.309 e. The first-order chi connectivity index (χ1) is 33.7. The zero-order valence-corrected chi connectivity index (χ0v) is 34.2. The summed E-state index contributed by atoms with van der Waals surface area (Å²) in [5, 5.41) is 4.85. The van der Waals surface area contributed by atoms with Gasteiger partial charge in [0.1, 0.15) is 0 Å². The fourth-order valence-corrected chi connectivity index (χ4v) is 10.4. The van der Waals surface area contributed by atoms with Crippen molar-refractivity contribution in [1.29, 1.82) is 0 Å². The van der Waals surface area contributed by atoms with Crippen LogP contribution in [0.2, 0.25) is 0 Å². The molecule has 0 amide bonds. The predicted molar refractivity (Wildman–Crippen MR) is 263 cm³/mol. The Kier molecular flexibility index (Phi) is 6.75. The lowest BCUT2D eigenvalue weighted by molar-refractivity contribution is 1.06. The van der Waals surface area contributed by atoms with E-state index in [1.807, 2.05) is 72.8 Å². The van der Waals surface area contributed by atoms with Gasteiger partial charge in [-0.05, 0) is 65.7 Å². The lowest BCUT2D eigenvalue weighted by Gasteiger charge is -2.16. The summed E-state index contributed by atoms with van der Waals surface area (Å²) >= 11 is 1.73. The van der Waals surface area contributed by atoms with Gasteiger partial charge in [-0.15, -0.1) is 11.3 Å². The number of thiophene rings is 1. The second-order valence-corrected chi connectivity index (χ2v) is 16.6. The third-order valence-electron chi connectivity index (χ3n) is 11.9. The number of aromatic nitrogens is 5. The van der Waals surface area contributed by atoms with E-state index in [9.17, 15) is 2.74 Å². The molecule has 0 aliphatic heterocycles. The summed E-state index contributed by atoms with van der Waals surface area (Å²) in [5.41, 5.74) is 8.03. The minimum absolute atomic E-state index is 0.0546. The summed E-state index contributed by atoms with van der Waals surface area (Å²) in [6.07, 6.45) is 0. The Bertz CT molecular complexity index is 4210. The van der Waals surface area contributed by atoms with Gasteiger partial charge in [0.2, 0.25) is 0 Å². The molecule has 0 atom stereocenters. The maximum absolute atomic E-state index is 9.36. The SMILES string of the molecule is [2H]c1cc([2H])c2c(c1[2H])c1c([2H])c([2H])cc([2H])c1n2-c1ccc(-c2cccc3c2sc2ccccc23)cc1-c1nc(-c2ccccc2)nc(-c2ccc3c4ccccc4n(-c4ccccc4)c3c2)n1. The molecule has 0 fully saturated rings. The van der Waals surface area contributed by atoms with Crippen LogP contribution in [0, 0.1) is 0 Å². The molecule has 13 rings (SSSR count). The lowest BCUT2D eigenvalue weighted by atomic mass is 9.99. The van der Waals surface area contributed by atoms with Gasteiger partial charge in [0.25, 0.3) is 0 Å². The van der Waals surface area contributed by atoms with Gasteiger partial charge < -0.3 is 9.13 Å². The minimum Gasteiger partial charge on any atom is -0.309 e. The molecule has 0 saturated heterocycles. The molecule has 13 aromatic rings. The molecular formula is C57H35N5S. The molecule has 0 saturated carbocycles. The van der Waals surface area contributed by atoms with Crippen LogP contribution in [-0.4, -0.2) is 24.1 Å². The van der Waals surface area contributed by atoms with Crippen molar-refractivity contribution in [2.75, 3.05) is 0 Å². The molecule has 0 spiro atoms. The van der Waals surface area contributed by atoms with Crippen LogP contribution in [0.4, 0.5) is 0 Å². The smallest absolute Gasteiger partial charge is 0.166 e. The van der Waals surface area contributed by atoms with Crippen molar-refractivity contribution in [3.63, 3.8) is 0 Å². The Labute approximate surface area is 374 Å². The molecule has 6 heteroatoms. The zero-order valence-electron chi connectivity index (χ0n) is 39.4. The highest BCUT2D eigenvalue weighted by Gasteiger charge is 2.22. The van der Waals surface area contributed by atoms with Crippen LogP contribution >= 0.6 is 11.3 Å². The standard InChI is InChI=1S/C57H35N5S/c1-3-16-36(17-4-1)55-58-56(38-30-32-44-43-22-7-11-26-48(43)61(52(44)35-38)39-18-5-2-6-19-39)60-57(59-55)47-34-37(40-24-15-25-46-45-23-10-14-29-53(45)63-54(40)46)31-33-51(47)62-49-27-12-8-20-41(49)42-21-9-13-28-50(42)62/h1-35H/i8D,9D,20D,21D,27D,28D. The fourth-order valence-electron chi connectivity index (χ4n) is 9.11. The molecule has 0 N–H and O–H groups in total. The molecule has 294 valence electrons. The highest BCUT2D eigenvalue weighted by molar-refractivity contribution is 7.26. The Hall–Kier alpha value is -8.19. The summed E-state index contributed by atoms with van der Waals surface area (Å²) in [6.45, 7) is 0. The van der Waals surface area contributed by atoms with E-state index in [1.54, 1.807) is 15.9 Å². The first-order valence-electron chi connectivity index (χ1n) is 23.7. The number of hydrogen-bond acceptors (Lipinski definition) is 4. The maximum Gasteiger partial charge on any atom is 0.166 e. The topological polar surface area (TPSA) is 48.5 Å². The maximum atomic E-state index is 9.36. The highest BCUT2D eigenvalue weighted by Crippen LogP contribution is 2.43. The van der Waals surface area contributed by atoms with E-state index in [0.717, 1.165) is 59.8 Å². The average molecular weight is 828 g/mol. The minimum atomic E-state index is -0.185. The number of fused-ring (bicyclic) bond motifs is 9. The van der Waals surface area contributed by atoms with Crippen LogP contribution in [0.1, 0.15) is 8.22 Å². The molecule has 63 heavy (non-hydrogen) atoms. The summed E-state index contributed by atoms with van der Waals surface area (Å²) in [6, 6.07) is 57.2. The number of para-hydroxylation sites is 4. The van der Waals surface area contributed by atoms with Gasteiger partial charge in [0.15, 0.2) is 17.5 Å². The van der Waals surface area contributed by atoms with E-state index in [2.05, 4.69) is 95.6 Å². The molecule has 0 radical (unpaired) electrons. The van der Waals surface area contributed by atoms with Crippen molar-refractivity contribution in [3.05, 3.63) is 212 Å².